The second-order valence-corrected chi connectivity index (χ2v) is 10.9. The van der Waals surface area contributed by atoms with Crippen LogP contribution in [0.1, 0.15) is 35.7 Å². The Labute approximate surface area is 246 Å². The van der Waals surface area contributed by atoms with Crippen LogP contribution in [0.2, 0.25) is 5.02 Å². The van der Waals surface area contributed by atoms with E-state index in [2.05, 4.69) is 27.2 Å². The van der Waals surface area contributed by atoms with Crippen molar-refractivity contribution in [1.29, 1.82) is 0 Å². The number of methoxy groups -OCH3 is 1. The lowest BCUT2D eigenvalue weighted by Gasteiger charge is -2.35. The highest BCUT2D eigenvalue weighted by Gasteiger charge is 2.36. The zero-order chi connectivity index (χ0) is 28.3. The molecular weight excluding hydrogens is 565 g/mol. The minimum absolute atomic E-state index is 0.0627. The highest BCUT2D eigenvalue weighted by atomic mass is 35.5. The van der Waals surface area contributed by atoms with Gasteiger partial charge in [0, 0.05) is 40.8 Å². The van der Waals surface area contributed by atoms with Gasteiger partial charge < -0.3 is 19.2 Å². The molecule has 2 unspecified atom stereocenters. The van der Waals surface area contributed by atoms with Crippen molar-refractivity contribution in [2.24, 2.45) is 0 Å². The van der Waals surface area contributed by atoms with Gasteiger partial charge in [0.2, 0.25) is 0 Å². The molecule has 1 N–H and O–H groups in total. The average Bonchev–Trinajstić information content (AvgIpc) is 3.63. The minimum Gasteiger partial charge on any atom is -0.493 e. The molecule has 6 rings (SSSR count). The largest absolute Gasteiger partial charge is 0.493 e. The number of hydrogen-bond donors (Lipinski definition) is 1. The van der Waals surface area contributed by atoms with Crippen LogP contribution in [-0.4, -0.2) is 56.4 Å². The molecule has 0 saturated carbocycles. The van der Waals surface area contributed by atoms with Crippen molar-refractivity contribution in [3.05, 3.63) is 87.5 Å². The van der Waals surface area contributed by atoms with Gasteiger partial charge in [-0.25, -0.2) is 9.78 Å². The van der Waals surface area contributed by atoms with E-state index in [4.69, 9.17) is 37.4 Å². The zero-order valence-electron chi connectivity index (χ0n) is 22.4. The standard InChI is InChI=1S/C30H29Cl2N5O4/c1-39-26-10-3-19(15-27(26)40-14-2-12-36-18-33-17-34-36)29-28-23(24-16-21(32)6-9-25(24)35-28)11-13-37(29)30(38)41-22-7-4-20(31)5-8-22/h3-5,7-10,15-18,21,29,35H,2,6,11-14H2,1H3. The molecule has 11 heteroatoms. The van der Waals surface area contributed by atoms with E-state index < -0.39 is 12.1 Å². The maximum atomic E-state index is 13.6. The second kappa shape index (κ2) is 11.9. The summed E-state index contributed by atoms with van der Waals surface area (Å²) in [6, 6.07) is 12.1. The van der Waals surface area contributed by atoms with Gasteiger partial charge in [-0.05, 0) is 60.4 Å². The number of hydrogen-bond acceptors (Lipinski definition) is 6. The predicted octanol–water partition coefficient (Wildman–Crippen LogP) is 4.46. The summed E-state index contributed by atoms with van der Waals surface area (Å²) in [6.45, 7) is 1.60. The van der Waals surface area contributed by atoms with Crippen molar-refractivity contribution in [3.63, 3.8) is 0 Å². The molecule has 41 heavy (non-hydrogen) atoms. The van der Waals surface area contributed by atoms with Gasteiger partial charge in [0.1, 0.15) is 24.4 Å². The number of amides is 1. The van der Waals surface area contributed by atoms with E-state index in [0.29, 0.717) is 48.4 Å². The number of fused-ring (bicyclic) bond motifs is 3. The van der Waals surface area contributed by atoms with Gasteiger partial charge in [0.15, 0.2) is 11.5 Å². The van der Waals surface area contributed by atoms with Crippen LogP contribution in [0.5, 0.6) is 17.2 Å². The average molecular weight is 594 g/mol. The molecule has 2 aromatic heterocycles. The number of ether oxygens (including phenoxy) is 3. The van der Waals surface area contributed by atoms with Gasteiger partial charge in [-0.15, -0.1) is 11.6 Å². The molecule has 3 heterocycles. The topological polar surface area (TPSA) is 94.5 Å². The van der Waals surface area contributed by atoms with E-state index in [0.717, 1.165) is 40.2 Å². The van der Waals surface area contributed by atoms with Gasteiger partial charge >= 0.3 is 6.09 Å². The molecule has 1 amide bonds. The fourth-order valence-electron chi connectivity index (χ4n) is 5.38. The van der Waals surface area contributed by atoms with Gasteiger partial charge in [0.25, 0.3) is 0 Å². The lowest BCUT2D eigenvalue weighted by molar-refractivity contribution is 0.135. The molecule has 1 aliphatic heterocycles. The zero-order valence-corrected chi connectivity index (χ0v) is 23.9. The Kier molecular flexibility index (Phi) is 7.89. The second-order valence-electron chi connectivity index (χ2n) is 9.91. The van der Waals surface area contributed by atoms with Crippen molar-refractivity contribution < 1.29 is 19.0 Å². The highest BCUT2D eigenvalue weighted by molar-refractivity contribution is 6.30. The fraction of sp³-hybridized carbons (Fsp3) is 0.300. The maximum Gasteiger partial charge on any atom is 0.416 e. The summed E-state index contributed by atoms with van der Waals surface area (Å²) >= 11 is 12.5. The Morgan fingerprint density at radius 1 is 1.17 bits per heavy atom. The third-order valence-electron chi connectivity index (χ3n) is 7.30. The van der Waals surface area contributed by atoms with Crippen molar-refractivity contribution in [1.82, 2.24) is 24.6 Å². The van der Waals surface area contributed by atoms with E-state index in [1.165, 1.54) is 6.33 Å². The highest BCUT2D eigenvalue weighted by Crippen LogP contribution is 2.38. The number of rotatable bonds is 8. The Bertz CT molecular complexity index is 1650. The molecule has 0 saturated heterocycles. The number of nitrogens with one attached hydrogen (secondary N) is 1. The molecule has 0 bridgehead atoms. The summed E-state index contributed by atoms with van der Waals surface area (Å²) in [4.78, 5) is 22.9. The van der Waals surface area contributed by atoms with Crippen molar-refractivity contribution in [2.45, 2.75) is 37.2 Å². The number of benzene rings is 2. The molecule has 2 atom stereocenters. The van der Waals surface area contributed by atoms with E-state index in [9.17, 15) is 4.79 Å². The van der Waals surface area contributed by atoms with E-state index >= 15 is 0 Å². The SMILES string of the molecule is COc1ccc(C2c3[nH]c4c(c3CCN2C(=O)Oc2ccc(Cl)cc2)=CC(Cl)CC=4)cc1OCCCn1cncn1. The van der Waals surface area contributed by atoms with Gasteiger partial charge in [-0.1, -0.05) is 29.8 Å². The van der Waals surface area contributed by atoms with Gasteiger partial charge in [-0.2, -0.15) is 5.10 Å². The first kappa shape index (κ1) is 27.2. The maximum absolute atomic E-state index is 13.6. The van der Waals surface area contributed by atoms with Crippen LogP contribution in [-0.2, 0) is 13.0 Å². The summed E-state index contributed by atoms with van der Waals surface area (Å²) in [5.41, 5.74) is 2.97. The molecule has 9 nitrogen and oxygen atoms in total. The first-order valence-electron chi connectivity index (χ1n) is 13.4. The summed E-state index contributed by atoms with van der Waals surface area (Å²) in [6.07, 6.45) is 9.11. The smallest absolute Gasteiger partial charge is 0.416 e. The fourth-order valence-corrected chi connectivity index (χ4v) is 5.73. The number of H-pyrrole nitrogens is 1. The van der Waals surface area contributed by atoms with E-state index in [-0.39, 0.29) is 5.38 Å². The van der Waals surface area contributed by atoms with Crippen LogP contribution < -0.4 is 24.8 Å². The monoisotopic (exact) mass is 593 g/mol. The van der Waals surface area contributed by atoms with Crippen LogP contribution in [0.4, 0.5) is 4.79 Å². The van der Waals surface area contributed by atoms with Gasteiger partial charge in [-0.3, -0.25) is 9.58 Å². The van der Waals surface area contributed by atoms with Crippen LogP contribution >= 0.6 is 23.2 Å². The molecule has 0 radical (unpaired) electrons. The molecule has 2 aromatic carbocycles. The number of alkyl halides is 1. The molecule has 2 aliphatic rings. The van der Waals surface area contributed by atoms with Crippen LogP contribution in [0.3, 0.4) is 0 Å². The number of aryl methyl sites for hydroxylation is 1. The molecule has 212 valence electrons. The number of nitrogens with zero attached hydrogens (tertiary/aromatic N) is 4. The van der Waals surface area contributed by atoms with Gasteiger partial charge in [0.05, 0.1) is 19.1 Å². The quantitative estimate of drug-likeness (QED) is 0.239. The Morgan fingerprint density at radius 2 is 2.02 bits per heavy atom. The number of carbonyl (C=O) groups excluding carboxylic acids is 1. The Balaban J connectivity index is 1.34. The summed E-state index contributed by atoms with van der Waals surface area (Å²) in [5, 5.41) is 6.78. The lowest BCUT2D eigenvalue weighted by atomic mass is 9.92. The van der Waals surface area contributed by atoms with Crippen LogP contribution in [0.15, 0.2) is 55.1 Å². The normalized spacial score (nSPS) is 17.6. The predicted molar refractivity (Wildman–Crippen MR) is 156 cm³/mol. The molecule has 1 aliphatic carbocycles. The van der Waals surface area contributed by atoms with E-state index in [1.807, 2.05) is 18.2 Å². The number of aromatic amines is 1. The third-order valence-corrected chi connectivity index (χ3v) is 7.86. The lowest BCUT2D eigenvalue weighted by Crippen LogP contribution is -2.43. The van der Waals surface area contributed by atoms with Crippen LogP contribution in [0, 0.1) is 0 Å². The molecular formula is C30H29Cl2N5O4. The number of aromatic nitrogens is 4. The summed E-state index contributed by atoms with van der Waals surface area (Å²) in [5.74, 6) is 1.63. The first-order valence-corrected chi connectivity index (χ1v) is 14.3. The minimum atomic E-state index is -0.454. The van der Waals surface area contributed by atoms with E-state index in [1.54, 1.807) is 47.3 Å². The molecule has 0 spiro atoms. The summed E-state index contributed by atoms with van der Waals surface area (Å²) < 4.78 is 19.3. The Morgan fingerprint density at radius 3 is 2.80 bits per heavy atom. The van der Waals surface area contributed by atoms with Crippen LogP contribution in [0.25, 0.3) is 12.2 Å². The summed E-state index contributed by atoms with van der Waals surface area (Å²) in [7, 11) is 1.61. The third kappa shape index (κ3) is 5.78. The van der Waals surface area contributed by atoms with Crippen molar-refractivity contribution in [2.75, 3.05) is 20.3 Å². The Hall–Kier alpha value is -3.95. The first-order chi connectivity index (χ1) is 20.0. The van der Waals surface area contributed by atoms with Crippen molar-refractivity contribution >= 4 is 41.4 Å². The number of halogens is 2. The molecule has 4 aromatic rings. The van der Waals surface area contributed by atoms with Crippen molar-refractivity contribution in [3.8, 4) is 17.2 Å². The molecule has 0 fully saturated rings. The number of carbonyl (C=O) groups is 1.